The van der Waals surface area contributed by atoms with E-state index in [1.54, 1.807) is 15.6 Å². The van der Waals surface area contributed by atoms with E-state index in [0.717, 1.165) is 15.9 Å². The largest absolute Gasteiger partial charge is 0.464 e. The topological polar surface area (TPSA) is 91.0 Å². The maximum absolute atomic E-state index is 12.2. The highest BCUT2D eigenvalue weighted by Crippen LogP contribution is 2.20. The summed E-state index contributed by atoms with van der Waals surface area (Å²) in [7, 11) is 1.27. The van der Waals surface area contributed by atoms with E-state index in [9.17, 15) is 9.59 Å². The average molecular weight is 384 g/mol. The van der Waals surface area contributed by atoms with Crippen LogP contribution in [0.5, 0.6) is 0 Å². The monoisotopic (exact) mass is 383 g/mol. The van der Waals surface area contributed by atoms with Gasteiger partial charge >= 0.3 is 5.97 Å². The SMILES string of the molecule is CCn1cc(NC(=O)Cn2nc(C)c(Br)c2C)c(C(=O)OC)n1. The second kappa shape index (κ2) is 6.95. The number of amides is 1. The summed E-state index contributed by atoms with van der Waals surface area (Å²) in [6.07, 6.45) is 1.60. The third kappa shape index (κ3) is 3.61. The molecule has 9 heteroatoms. The molecule has 0 bridgehead atoms. The van der Waals surface area contributed by atoms with Gasteiger partial charge in [0.1, 0.15) is 6.54 Å². The molecule has 0 radical (unpaired) electrons. The van der Waals surface area contributed by atoms with Crippen LogP contribution in [0.3, 0.4) is 0 Å². The van der Waals surface area contributed by atoms with Crippen molar-refractivity contribution in [3.05, 3.63) is 27.8 Å². The van der Waals surface area contributed by atoms with Gasteiger partial charge in [-0.1, -0.05) is 0 Å². The molecule has 23 heavy (non-hydrogen) atoms. The molecule has 2 rings (SSSR count). The fourth-order valence-corrected chi connectivity index (χ4v) is 2.36. The van der Waals surface area contributed by atoms with Crippen molar-refractivity contribution in [2.75, 3.05) is 12.4 Å². The van der Waals surface area contributed by atoms with Crippen LogP contribution in [0.4, 0.5) is 5.69 Å². The van der Waals surface area contributed by atoms with Crippen LogP contribution in [0.2, 0.25) is 0 Å². The molecule has 0 fully saturated rings. The van der Waals surface area contributed by atoms with Crippen LogP contribution in [0.15, 0.2) is 10.7 Å². The van der Waals surface area contributed by atoms with E-state index in [4.69, 9.17) is 0 Å². The summed E-state index contributed by atoms with van der Waals surface area (Å²) in [4.78, 5) is 24.0. The first kappa shape index (κ1) is 17.2. The number of methoxy groups -OCH3 is 1. The van der Waals surface area contributed by atoms with Gasteiger partial charge in [0.15, 0.2) is 5.69 Å². The Hall–Kier alpha value is -2.16. The van der Waals surface area contributed by atoms with Crippen LogP contribution in [-0.2, 0) is 22.6 Å². The number of carbonyl (C=O) groups excluding carboxylic acids is 2. The quantitative estimate of drug-likeness (QED) is 0.796. The molecule has 0 saturated carbocycles. The highest BCUT2D eigenvalue weighted by Gasteiger charge is 2.20. The Morgan fingerprint density at radius 2 is 2.04 bits per heavy atom. The zero-order valence-corrected chi connectivity index (χ0v) is 15.0. The first-order chi connectivity index (χ1) is 10.9. The van der Waals surface area contributed by atoms with Crippen molar-refractivity contribution < 1.29 is 14.3 Å². The van der Waals surface area contributed by atoms with E-state index < -0.39 is 5.97 Å². The van der Waals surface area contributed by atoms with Crippen molar-refractivity contribution in [3.8, 4) is 0 Å². The number of nitrogens with zero attached hydrogens (tertiary/aromatic N) is 4. The minimum atomic E-state index is -0.596. The van der Waals surface area contributed by atoms with E-state index in [1.165, 1.54) is 7.11 Å². The summed E-state index contributed by atoms with van der Waals surface area (Å²) in [5, 5.41) is 11.1. The van der Waals surface area contributed by atoms with E-state index in [1.807, 2.05) is 20.8 Å². The molecule has 0 spiro atoms. The summed E-state index contributed by atoms with van der Waals surface area (Å²) >= 11 is 3.42. The van der Waals surface area contributed by atoms with Gasteiger partial charge in [0.2, 0.25) is 5.91 Å². The summed E-state index contributed by atoms with van der Waals surface area (Å²) in [6, 6.07) is 0. The molecule has 0 aromatic carbocycles. The van der Waals surface area contributed by atoms with Crippen molar-refractivity contribution in [3.63, 3.8) is 0 Å². The van der Waals surface area contributed by atoms with Crippen LogP contribution in [-0.4, -0.2) is 38.5 Å². The number of anilines is 1. The molecule has 2 heterocycles. The Balaban J connectivity index is 2.18. The zero-order chi connectivity index (χ0) is 17.1. The average Bonchev–Trinajstić information content (AvgIpc) is 3.03. The standard InChI is InChI=1S/C14H18BrN5O3/c1-5-19-6-10(13(18-19)14(22)23-4)16-11(21)7-20-9(3)12(15)8(2)17-20/h6H,5,7H2,1-4H3,(H,16,21). The Labute approximate surface area is 141 Å². The molecular weight excluding hydrogens is 366 g/mol. The molecular formula is C14H18BrN5O3. The molecule has 0 aliphatic heterocycles. The molecule has 2 aromatic heterocycles. The number of esters is 1. The highest BCUT2D eigenvalue weighted by molar-refractivity contribution is 9.10. The number of aryl methyl sites for hydroxylation is 2. The number of rotatable bonds is 5. The van der Waals surface area contributed by atoms with Crippen molar-refractivity contribution in [1.29, 1.82) is 0 Å². The van der Waals surface area contributed by atoms with E-state index in [-0.39, 0.29) is 18.1 Å². The molecule has 0 atom stereocenters. The third-order valence-corrected chi connectivity index (χ3v) is 4.47. The molecule has 2 aromatic rings. The van der Waals surface area contributed by atoms with Gasteiger partial charge in [-0.15, -0.1) is 0 Å². The highest BCUT2D eigenvalue weighted by atomic mass is 79.9. The minimum Gasteiger partial charge on any atom is -0.464 e. The van der Waals surface area contributed by atoms with Crippen molar-refractivity contribution in [1.82, 2.24) is 19.6 Å². The van der Waals surface area contributed by atoms with Gasteiger partial charge in [0.25, 0.3) is 0 Å². The van der Waals surface area contributed by atoms with E-state index in [0.29, 0.717) is 12.2 Å². The summed E-state index contributed by atoms with van der Waals surface area (Å²) in [5.41, 5.74) is 2.07. The van der Waals surface area contributed by atoms with Gasteiger partial charge in [-0.05, 0) is 36.7 Å². The number of nitrogens with one attached hydrogen (secondary N) is 1. The van der Waals surface area contributed by atoms with Gasteiger partial charge in [-0.25, -0.2) is 4.79 Å². The number of aromatic nitrogens is 4. The molecule has 0 unspecified atom stereocenters. The normalized spacial score (nSPS) is 10.7. The van der Waals surface area contributed by atoms with Gasteiger partial charge < -0.3 is 10.1 Å². The maximum Gasteiger partial charge on any atom is 0.360 e. The van der Waals surface area contributed by atoms with Crippen LogP contribution in [0, 0.1) is 13.8 Å². The van der Waals surface area contributed by atoms with Crippen molar-refractivity contribution in [2.45, 2.75) is 33.9 Å². The molecule has 0 aliphatic carbocycles. The third-order valence-electron chi connectivity index (χ3n) is 3.33. The lowest BCUT2D eigenvalue weighted by Gasteiger charge is -2.06. The van der Waals surface area contributed by atoms with Gasteiger partial charge in [0, 0.05) is 12.7 Å². The first-order valence-corrected chi connectivity index (χ1v) is 7.81. The fourth-order valence-electron chi connectivity index (χ4n) is 2.08. The molecule has 8 nitrogen and oxygen atoms in total. The maximum atomic E-state index is 12.2. The predicted octanol–water partition coefficient (Wildman–Crippen LogP) is 1.90. The predicted molar refractivity (Wildman–Crippen MR) is 87.3 cm³/mol. The van der Waals surface area contributed by atoms with Crippen molar-refractivity contribution in [2.24, 2.45) is 0 Å². The fraction of sp³-hybridized carbons (Fsp3) is 0.429. The molecule has 1 amide bonds. The molecule has 0 aliphatic rings. The number of ether oxygens (including phenoxy) is 1. The summed E-state index contributed by atoms with van der Waals surface area (Å²) in [6.45, 7) is 6.21. The lowest BCUT2D eigenvalue weighted by molar-refractivity contribution is -0.116. The lowest BCUT2D eigenvalue weighted by Crippen LogP contribution is -2.21. The van der Waals surface area contributed by atoms with Gasteiger partial charge in [-0.2, -0.15) is 10.2 Å². The molecule has 1 N–H and O–H groups in total. The van der Waals surface area contributed by atoms with Crippen LogP contribution in [0.1, 0.15) is 28.8 Å². The van der Waals surface area contributed by atoms with E-state index >= 15 is 0 Å². The van der Waals surface area contributed by atoms with Crippen LogP contribution < -0.4 is 5.32 Å². The molecule has 0 saturated heterocycles. The second-order valence-electron chi connectivity index (χ2n) is 4.93. The second-order valence-corrected chi connectivity index (χ2v) is 5.72. The Bertz CT molecular complexity index is 750. The lowest BCUT2D eigenvalue weighted by atomic mass is 10.3. The van der Waals surface area contributed by atoms with Gasteiger partial charge in [0.05, 0.1) is 28.7 Å². The van der Waals surface area contributed by atoms with Crippen molar-refractivity contribution >= 4 is 33.5 Å². The van der Waals surface area contributed by atoms with Crippen LogP contribution >= 0.6 is 15.9 Å². The minimum absolute atomic E-state index is 0.0379. The number of hydrogen-bond donors (Lipinski definition) is 1. The summed E-state index contributed by atoms with van der Waals surface area (Å²) in [5.74, 6) is -0.898. The Morgan fingerprint density at radius 3 is 2.57 bits per heavy atom. The Kier molecular flexibility index (Phi) is 5.19. The van der Waals surface area contributed by atoms with Crippen LogP contribution in [0.25, 0.3) is 0 Å². The number of halogens is 1. The smallest absolute Gasteiger partial charge is 0.360 e. The first-order valence-electron chi connectivity index (χ1n) is 7.02. The van der Waals surface area contributed by atoms with E-state index in [2.05, 4.69) is 36.2 Å². The number of hydrogen-bond acceptors (Lipinski definition) is 5. The zero-order valence-electron chi connectivity index (χ0n) is 13.4. The van der Waals surface area contributed by atoms with Gasteiger partial charge in [-0.3, -0.25) is 14.2 Å². The molecule has 124 valence electrons. The Morgan fingerprint density at radius 1 is 1.35 bits per heavy atom. The summed E-state index contributed by atoms with van der Waals surface area (Å²) < 4.78 is 8.71. The number of carbonyl (C=O) groups is 2.